The highest BCUT2D eigenvalue weighted by Crippen LogP contribution is 2.36. The summed E-state index contributed by atoms with van der Waals surface area (Å²) in [6, 6.07) is 0. The van der Waals surface area contributed by atoms with E-state index in [-0.39, 0.29) is 6.09 Å². The first-order chi connectivity index (χ1) is 10.7. The number of thioether (sulfide) groups is 1. The molecule has 0 radical (unpaired) electrons. The fourth-order valence-electron chi connectivity index (χ4n) is 2.27. The number of ether oxygens (including phenoxy) is 1. The largest absolute Gasteiger partial charge is 0.444 e. The third-order valence-electron chi connectivity index (χ3n) is 3.47. The molecule has 1 saturated heterocycles. The number of nitrogens with one attached hydrogen (secondary N) is 3. The first-order valence-corrected chi connectivity index (χ1v) is 9.28. The lowest BCUT2D eigenvalue weighted by molar-refractivity contribution is 0.0527. The van der Waals surface area contributed by atoms with Gasteiger partial charge in [0.05, 0.1) is 0 Å². The van der Waals surface area contributed by atoms with Crippen molar-refractivity contribution in [2.45, 2.75) is 57.3 Å². The lowest BCUT2D eigenvalue weighted by atomic mass is 10.1. The fourth-order valence-corrected chi connectivity index (χ4v) is 3.51. The molecule has 6 nitrogen and oxygen atoms in total. The molecule has 0 spiro atoms. The molecule has 1 heterocycles. The second kappa shape index (κ2) is 9.25. The number of hydrogen-bond donors (Lipinski definition) is 3. The SMILES string of the molecule is CN=C(NCCCNC(=O)OC(C)(C)C)NCC1(C)CCCS1. The van der Waals surface area contributed by atoms with Gasteiger partial charge in [-0.15, -0.1) is 0 Å². The Bertz CT molecular complexity index is 401. The van der Waals surface area contributed by atoms with Crippen molar-refractivity contribution in [3.8, 4) is 0 Å². The lowest BCUT2D eigenvalue weighted by Gasteiger charge is -2.24. The molecule has 1 atom stereocenters. The molecule has 0 bridgehead atoms. The summed E-state index contributed by atoms with van der Waals surface area (Å²) in [7, 11) is 1.78. The maximum Gasteiger partial charge on any atom is 0.407 e. The van der Waals surface area contributed by atoms with E-state index >= 15 is 0 Å². The van der Waals surface area contributed by atoms with Crippen LogP contribution in [0.1, 0.15) is 47.0 Å². The summed E-state index contributed by atoms with van der Waals surface area (Å²) in [5, 5.41) is 9.41. The van der Waals surface area contributed by atoms with Crippen LogP contribution in [0.3, 0.4) is 0 Å². The van der Waals surface area contributed by atoms with Crippen LogP contribution in [0, 0.1) is 0 Å². The highest BCUT2D eigenvalue weighted by Gasteiger charge is 2.29. The number of amides is 1. The van der Waals surface area contributed by atoms with Crippen LogP contribution in [0.4, 0.5) is 4.79 Å². The second-order valence-electron chi connectivity index (χ2n) is 7.04. The van der Waals surface area contributed by atoms with Gasteiger partial charge in [0.1, 0.15) is 5.60 Å². The molecule has 134 valence electrons. The number of carbonyl (C=O) groups is 1. The maximum atomic E-state index is 11.5. The first kappa shape index (κ1) is 19.9. The minimum atomic E-state index is -0.456. The van der Waals surface area contributed by atoms with Crippen LogP contribution in [-0.2, 0) is 4.74 Å². The van der Waals surface area contributed by atoms with Gasteiger partial charge in [0, 0.05) is 31.4 Å². The number of rotatable bonds is 6. The average molecular weight is 345 g/mol. The highest BCUT2D eigenvalue weighted by atomic mass is 32.2. The quantitative estimate of drug-likeness (QED) is 0.392. The first-order valence-electron chi connectivity index (χ1n) is 8.29. The van der Waals surface area contributed by atoms with Crippen LogP contribution in [0.25, 0.3) is 0 Å². The van der Waals surface area contributed by atoms with Gasteiger partial charge in [-0.3, -0.25) is 4.99 Å². The zero-order chi connectivity index (χ0) is 17.3. The Kier molecular flexibility index (Phi) is 8.02. The van der Waals surface area contributed by atoms with E-state index in [4.69, 9.17) is 4.74 Å². The summed E-state index contributed by atoms with van der Waals surface area (Å²) in [5.41, 5.74) is -0.456. The summed E-state index contributed by atoms with van der Waals surface area (Å²) >= 11 is 2.03. The van der Waals surface area contributed by atoms with Gasteiger partial charge in [-0.2, -0.15) is 11.8 Å². The third kappa shape index (κ3) is 8.93. The molecule has 1 aliphatic rings. The van der Waals surface area contributed by atoms with E-state index in [9.17, 15) is 4.79 Å². The lowest BCUT2D eigenvalue weighted by Crippen LogP contribution is -2.44. The monoisotopic (exact) mass is 344 g/mol. The Hall–Kier alpha value is -1.11. The van der Waals surface area contributed by atoms with Crippen molar-refractivity contribution in [1.29, 1.82) is 0 Å². The Morgan fingerprint density at radius 3 is 2.52 bits per heavy atom. The van der Waals surface area contributed by atoms with Crippen molar-refractivity contribution >= 4 is 23.8 Å². The minimum Gasteiger partial charge on any atom is -0.444 e. The van der Waals surface area contributed by atoms with E-state index in [2.05, 4.69) is 27.9 Å². The molecule has 23 heavy (non-hydrogen) atoms. The Balaban J connectivity index is 2.12. The molecular formula is C16H32N4O2S. The van der Waals surface area contributed by atoms with Crippen molar-refractivity contribution in [2.75, 3.05) is 32.4 Å². The molecule has 0 aromatic heterocycles. The van der Waals surface area contributed by atoms with E-state index in [1.807, 2.05) is 32.5 Å². The van der Waals surface area contributed by atoms with Gasteiger partial charge < -0.3 is 20.7 Å². The molecule has 0 aliphatic carbocycles. The van der Waals surface area contributed by atoms with Gasteiger partial charge in [-0.25, -0.2) is 4.79 Å². The minimum absolute atomic E-state index is 0.315. The molecule has 1 amide bonds. The summed E-state index contributed by atoms with van der Waals surface area (Å²) in [5.74, 6) is 2.07. The molecule has 3 N–H and O–H groups in total. The Morgan fingerprint density at radius 1 is 1.26 bits per heavy atom. The van der Waals surface area contributed by atoms with E-state index in [0.717, 1.165) is 25.5 Å². The summed E-state index contributed by atoms with van der Waals surface area (Å²) in [6.07, 6.45) is 2.99. The van der Waals surface area contributed by atoms with Crippen molar-refractivity contribution in [2.24, 2.45) is 4.99 Å². The van der Waals surface area contributed by atoms with Crippen molar-refractivity contribution in [3.63, 3.8) is 0 Å². The predicted molar refractivity (Wildman–Crippen MR) is 98.3 cm³/mol. The highest BCUT2D eigenvalue weighted by molar-refractivity contribution is 8.00. The maximum absolute atomic E-state index is 11.5. The number of hydrogen-bond acceptors (Lipinski definition) is 4. The summed E-state index contributed by atoms with van der Waals surface area (Å²) in [6.45, 7) is 10.1. The molecule has 1 unspecified atom stereocenters. The molecule has 1 fully saturated rings. The van der Waals surface area contributed by atoms with E-state index < -0.39 is 5.60 Å². The topological polar surface area (TPSA) is 74.8 Å². The number of nitrogens with zero attached hydrogens (tertiary/aromatic N) is 1. The number of aliphatic imine (C=N–C) groups is 1. The van der Waals surface area contributed by atoms with Crippen LogP contribution in [0.15, 0.2) is 4.99 Å². The van der Waals surface area contributed by atoms with Gasteiger partial charge in [0.15, 0.2) is 5.96 Å². The number of alkyl carbamates (subject to hydrolysis) is 1. The van der Waals surface area contributed by atoms with Crippen LogP contribution >= 0.6 is 11.8 Å². The number of guanidine groups is 1. The molecule has 0 aromatic carbocycles. The standard InChI is InChI=1S/C16H32N4O2S/c1-15(2,3)22-14(21)19-10-7-9-18-13(17-5)20-12-16(4)8-6-11-23-16/h6-12H2,1-5H3,(H,19,21)(H2,17,18,20). The van der Waals surface area contributed by atoms with Gasteiger partial charge in [0.2, 0.25) is 0 Å². The number of carbonyl (C=O) groups excluding carboxylic acids is 1. The van der Waals surface area contributed by atoms with E-state index in [1.54, 1.807) is 7.05 Å². The molecular weight excluding hydrogens is 312 g/mol. The molecule has 1 aliphatic heterocycles. The third-order valence-corrected chi connectivity index (χ3v) is 5.01. The molecule has 7 heteroatoms. The molecule has 0 saturated carbocycles. The normalized spacial score (nSPS) is 21.9. The second-order valence-corrected chi connectivity index (χ2v) is 8.72. The van der Waals surface area contributed by atoms with Crippen molar-refractivity contribution in [1.82, 2.24) is 16.0 Å². The van der Waals surface area contributed by atoms with Crippen LogP contribution < -0.4 is 16.0 Å². The van der Waals surface area contributed by atoms with Gasteiger partial charge in [0.25, 0.3) is 0 Å². The Morgan fingerprint density at radius 2 is 1.96 bits per heavy atom. The molecule has 0 aromatic rings. The van der Waals surface area contributed by atoms with E-state index in [1.165, 1.54) is 18.6 Å². The molecule has 1 rings (SSSR count). The smallest absolute Gasteiger partial charge is 0.407 e. The van der Waals surface area contributed by atoms with Crippen molar-refractivity contribution in [3.05, 3.63) is 0 Å². The Labute approximate surface area is 144 Å². The van der Waals surface area contributed by atoms with E-state index in [0.29, 0.717) is 11.3 Å². The average Bonchev–Trinajstić information content (AvgIpc) is 2.87. The zero-order valence-corrected chi connectivity index (χ0v) is 15.9. The van der Waals surface area contributed by atoms with Crippen LogP contribution in [0.5, 0.6) is 0 Å². The fraction of sp³-hybridized carbons (Fsp3) is 0.875. The predicted octanol–water partition coefficient (Wildman–Crippen LogP) is 2.35. The van der Waals surface area contributed by atoms with Crippen LogP contribution in [-0.4, -0.2) is 54.8 Å². The van der Waals surface area contributed by atoms with Gasteiger partial charge in [-0.05, 0) is 52.7 Å². The van der Waals surface area contributed by atoms with Gasteiger partial charge >= 0.3 is 6.09 Å². The zero-order valence-electron chi connectivity index (χ0n) is 15.1. The summed E-state index contributed by atoms with van der Waals surface area (Å²) in [4.78, 5) is 15.7. The van der Waals surface area contributed by atoms with Crippen LogP contribution in [0.2, 0.25) is 0 Å². The summed E-state index contributed by atoms with van der Waals surface area (Å²) < 4.78 is 5.50. The van der Waals surface area contributed by atoms with Crippen molar-refractivity contribution < 1.29 is 9.53 Å². The van der Waals surface area contributed by atoms with Gasteiger partial charge in [-0.1, -0.05) is 0 Å².